The largest absolute Gasteiger partial charge is 0.384 e. The summed E-state index contributed by atoms with van der Waals surface area (Å²) in [6.07, 6.45) is 2.08. The molecule has 5 heteroatoms. The number of fused-ring (bicyclic) bond motifs is 1. The highest BCUT2D eigenvalue weighted by atomic mass is 32.1. The van der Waals surface area contributed by atoms with Crippen molar-refractivity contribution in [3.05, 3.63) is 22.4 Å². The van der Waals surface area contributed by atoms with E-state index in [0.717, 1.165) is 45.6 Å². The number of piperidine rings is 1. The van der Waals surface area contributed by atoms with Crippen molar-refractivity contribution in [2.75, 3.05) is 33.4 Å². The first kappa shape index (κ1) is 15.0. The monoisotopic (exact) mass is 308 g/mol. The van der Waals surface area contributed by atoms with Crippen molar-refractivity contribution in [3.8, 4) is 0 Å². The molecule has 2 saturated heterocycles. The molecule has 1 aromatic rings. The SMILES string of the molecule is COC[C@H]1CNC(=O)[C@@H]2CCN(Cc3cccs3)CC[C@H]12. The van der Waals surface area contributed by atoms with Gasteiger partial charge in [-0.25, -0.2) is 0 Å². The fourth-order valence-corrected chi connectivity index (χ4v) is 4.51. The highest BCUT2D eigenvalue weighted by molar-refractivity contribution is 7.09. The van der Waals surface area contributed by atoms with Crippen LogP contribution < -0.4 is 5.32 Å². The van der Waals surface area contributed by atoms with E-state index in [0.29, 0.717) is 11.8 Å². The topological polar surface area (TPSA) is 41.6 Å². The lowest BCUT2D eigenvalue weighted by Crippen LogP contribution is -2.49. The summed E-state index contributed by atoms with van der Waals surface area (Å²) in [7, 11) is 1.76. The summed E-state index contributed by atoms with van der Waals surface area (Å²) in [5.41, 5.74) is 0. The Morgan fingerprint density at radius 1 is 1.43 bits per heavy atom. The summed E-state index contributed by atoms with van der Waals surface area (Å²) in [5, 5.41) is 5.20. The van der Waals surface area contributed by atoms with Gasteiger partial charge in [0.1, 0.15) is 0 Å². The Balaban J connectivity index is 1.65. The van der Waals surface area contributed by atoms with Crippen molar-refractivity contribution in [2.24, 2.45) is 17.8 Å². The van der Waals surface area contributed by atoms with Gasteiger partial charge in [0.05, 0.1) is 6.61 Å². The Hall–Kier alpha value is -0.910. The van der Waals surface area contributed by atoms with Crippen LogP contribution in [0.2, 0.25) is 0 Å². The number of carbonyl (C=O) groups is 1. The fraction of sp³-hybridized carbons (Fsp3) is 0.688. The standard InChI is InChI=1S/C16H24N2O2S/c1-20-11-12-9-17-16(19)15-5-7-18(6-4-14(12)15)10-13-3-2-8-21-13/h2-3,8,12,14-15H,4-7,9-11H2,1H3,(H,17,19)/t12-,14-,15-/m1/s1. The number of nitrogens with zero attached hydrogens (tertiary/aromatic N) is 1. The number of likely N-dealkylation sites (tertiary alicyclic amines) is 1. The molecule has 3 rings (SSSR count). The lowest BCUT2D eigenvalue weighted by atomic mass is 9.75. The molecule has 0 saturated carbocycles. The molecule has 3 atom stereocenters. The summed E-state index contributed by atoms with van der Waals surface area (Å²) >= 11 is 1.82. The van der Waals surface area contributed by atoms with Crippen LogP contribution in [0.1, 0.15) is 17.7 Å². The first-order chi connectivity index (χ1) is 10.3. The van der Waals surface area contributed by atoms with Gasteiger partial charge in [-0.15, -0.1) is 11.3 Å². The third-order valence-electron chi connectivity index (χ3n) is 4.87. The van der Waals surface area contributed by atoms with E-state index in [1.165, 1.54) is 4.88 Å². The molecular weight excluding hydrogens is 284 g/mol. The Labute approximate surface area is 130 Å². The summed E-state index contributed by atoms with van der Waals surface area (Å²) in [6, 6.07) is 4.31. The van der Waals surface area contributed by atoms with Crippen LogP contribution in [0.15, 0.2) is 17.5 Å². The normalized spacial score (nSPS) is 30.5. The molecule has 0 unspecified atom stereocenters. The number of ether oxygens (including phenoxy) is 1. The lowest BCUT2D eigenvalue weighted by molar-refractivity contribution is -0.131. The maximum absolute atomic E-state index is 12.2. The Morgan fingerprint density at radius 3 is 3.05 bits per heavy atom. The van der Waals surface area contributed by atoms with Crippen molar-refractivity contribution in [3.63, 3.8) is 0 Å². The summed E-state index contributed by atoms with van der Waals surface area (Å²) in [5.74, 6) is 1.38. The van der Waals surface area contributed by atoms with E-state index < -0.39 is 0 Å². The zero-order valence-corrected chi connectivity index (χ0v) is 13.4. The van der Waals surface area contributed by atoms with Crippen LogP contribution in [0.25, 0.3) is 0 Å². The molecule has 0 aliphatic carbocycles. The van der Waals surface area contributed by atoms with Crippen LogP contribution in [0, 0.1) is 17.8 Å². The number of nitrogens with one attached hydrogen (secondary N) is 1. The number of methoxy groups -OCH3 is 1. The number of amides is 1. The predicted octanol–water partition coefficient (Wildman–Crippen LogP) is 1.97. The quantitative estimate of drug-likeness (QED) is 0.924. The molecule has 0 radical (unpaired) electrons. The van der Waals surface area contributed by atoms with Crippen LogP contribution >= 0.6 is 11.3 Å². The average Bonchev–Trinajstić information content (AvgIpc) is 2.89. The van der Waals surface area contributed by atoms with Gasteiger partial charge in [0.2, 0.25) is 5.91 Å². The summed E-state index contributed by atoms with van der Waals surface area (Å²) in [4.78, 5) is 16.1. The Bertz CT molecular complexity index is 463. The van der Waals surface area contributed by atoms with E-state index in [1.807, 2.05) is 11.3 Å². The third kappa shape index (κ3) is 3.47. The second-order valence-electron chi connectivity index (χ2n) is 6.16. The van der Waals surface area contributed by atoms with Gasteiger partial charge >= 0.3 is 0 Å². The second-order valence-corrected chi connectivity index (χ2v) is 7.20. The molecule has 2 aliphatic heterocycles. The Kier molecular flexibility index (Phi) is 4.93. The van der Waals surface area contributed by atoms with E-state index in [4.69, 9.17) is 4.74 Å². The van der Waals surface area contributed by atoms with Gasteiger partial charge < -0.3 is 10.1 Å². The van der Waals surface area contributed by atoms with Crippen LogP contribution in [-0.4, -0.2) is 44.2 Å². The van der Waals surface area contributed by atoms with E-state index in [-0.39, 0.29) is 11.8 Å². The van der Waals surface area contributed by atoms with Crippen molar-refractivity contribution in [1.82, 2.24) is 10.2 Å². The number of rotatable bonds is 4. The number of hydrogen-bond acceptors (Lipinski definition) is 4. The van der Waals surface area contributed by atoms with Gasteiger partial charge in [-0.05, 0) is 43.3 Å². The van der Waals surface area contributed by atoms with Gasteiger partial charge in [0.15, 0.2) is 0 Å². The van der Waals surface area contributed by atoms with Crippen LogP contribution in [0.3, 0.4) is 0 Å². The van der Waals surface area contributed by atoms with E-state index in [1.54, 1.807) is 7.11 Å². The minimum Gasteiger partial charge on any atom is -0.384 e. The van der Waals surface area contributed by atoms with Crippen LogP contribution in [0.5, 0.6) is 0 Å². The molecule has 1 N–H and O–H groups in total. The predicted molar refractivity (Wildman–Crippen MR) is 84.2 cm³/mol. The first-order valence-electron chi connectivity index (χ1n) is 7.79. The molecule has 1 aromatic heterocycles. The molecule has 1 amide bonds. The van der Waals surface area contributed by atoms with Gasteiger partial charge in [-0.3, -0.25) is 9.69 Å². The van der Waals surface area contributed by atoms with Gasteiger partial charge in [0.25, 0.3) is 0 Å². The highest BCUT2D eigenvalue weighted by Gasteiger charge is 2.39. The van der Waals surface area contributed by atoms with Gasteiger partial charge in [-0.1, -0.05) is 6.07 Å². The number of hydrogen-bond donors (Lipinski definition) is 1. The van der Waals surface area contributed by atoms with Crippen molar-refractivity contribution >= 4 is 17.2 Å². The zero-order valence-electron chi connectivity index (χ0n) is 12.6. The maximum atomic E-state index is 12.2. The molecule has 3 heterocycles. The highest BCUT2D eigenvalue weighted by Crippen LogP contribution is 2.34. The van der Waals surface area contributed by atoms with E-state index in [9.17, 15) is 4.79 Å². The number of carbonyl (C=O) groups excluding carboxylic acids is 1. The molecule has 0 aromatic carbocycles. The molecule has 0 spiro atoms. The van der Waals surface area contributed by atoms with Crippen molar-refractivity contribution < 1.29 is 9.53 Å². The fourth-order valence-electron chi connectivity index (χ4n) is 3.76. The van der Waals surface area contributed by atoms with E-state index >= 15 is 0 Å². The summed E-state index contributed by atoms with van der Waals surface area (Å²) < 4.78 is 5.36. The van der Waals surface area contributed by atoms with Gasteiger partial charge in [0, 0.05) is 36.9 Å². The van der Waals surface area contributed by atoms with Crippen molar-refractivity contribution in [1.29, 1.82) is 0 Å². The van der Waals surface area contributed by atoms with Crippen molar-refractivity contribution in [2.45, 2.75) is 19.4 Å². The molecule has 116 valence electrons. The van der Waals surface area contributed by atoms with Gasteiger partial charge in [-0.2, -0.15) is 0 Å². The third-order valence-corrected chi connectivity index (χ3v) is 5.73. The zero-order chi connectivity index (χ0) is 14.7. The number of thiophene rings is 1. The molecule has 4 nitrogen and oxygen atoms in total. The maximum Gasteiger partial charge on any atom is 0.223 e. The minimum absolute atomic E-state index is 0.173. The lowest BCUT2D eigenvalue weighted by Gasteiger charge is -2.36. The van der Waals surface area contributed by atoms with Crippen LogP contribution in [-0.2, 0) is 16.1 Å². The molecular formula is C16H24N2O2S. The second kappa shape index (κ2) is 6.90. The molecule has 2 aliphatic rings. The minimum atomic E-state index is 0.173. The van der Waals surface area contributed by atoms with Crippen LogP contribution in [0.4, 0.5) is 0 Å². The molecule has 2 fully saturated rings. The smallest absolute Gasteiger partial charge is 0.223 e. The Morgan fingerprint density at radius 2 is 2.29 bits per heavy atom. The summed E-state index contributed by atoms with van der Waals surface area (Å²) in [6.45, 7) is 4.66. The average molecular weight is 308 g/mol. The first-order valence-corrected chi connectivity index (χ1v) is 8.67. The van der Waals surface area contributed by atoms with E-state index in [2.05, 4.69) is 27.7 Å². The molecule has 0 bridgehead atoms. The molecule has 21 heavy (non-hydrogen) atoms.